The van der Waals surface area contributed by atoms with Crippen LogP contribution in [-0.2, 0) is 32.1 Å². The monoisotopic (exact) mass is 504 g/mol. The van der Waals surface area contributed by atoms with E-state index in [-0.39, 0.29) is 25.8 Å². The molecule has 0 saturated heterocycles. The lowest BCUT2D eigenvalue weighted by atomic mass is 9.75. The van der Waals surface area contributed by atoms with Crippen molar-refractivity contribution in [3.05, 3.63) is 66.0 Å². The zero-order chi connectivity index (χ0) is 26.2. The van der Waals surface area contributed by atoms with Crippen molar-refractivity contribution in [3.63, 3.8) is 0 Å². The molecule has 0 aliphatic heterocycles. The quantitative estimate of drug-likeness (QED) is 0.406. The van der Waals surface area contributed by atoms with Gasteiger partial charge in [0, 0.05) is 19.0 Å². The SMILES string of the molecule is O=C(CCC(F)(F)F)NC1(C(=O)N[C@H](Cc2ccccc2)C(=O)C(=O)NCc2ccccn2)CCC1. The van der Waals surface area contributed by atoms with Gasteiger partial charge in [-0.2, -0.15) is 13.2 Å². The number of nitrogens with one attached hydrogen (secondary N) is 3. The van der Waals surface area contributed by atoms with Crippen LogP contribution in [0.25, 0.3) is 0 Å². The summed E-state index contributed by atoms with van der Waals surface area (Å²) in [6, 6.07) is 12.6. The highest BCUT2D eigenvalue weighted by atomic mass is 19.4. The first-order valence-corrected chi connectivity index (χ1v) is 11.5. The molecule has 1 fully saturated rings. The van der Waals surface area contributed by atoms with Crippen LogP contribution in [0.1, 0.15) is 43.4 Å². The van der Waals surface area contributed by atoms with Crippen LogP contribution in [0.15, 0.2) is 54.7 Å². The number of carbonyl (C=O) groups is 4. The Morgan fingerprint density at radius 3 is 2.28 bits per heavy atom. The zero-order valence-corrected chi connectivity index (χ0v) is 19.4. The molecule has 1 aliphatic rings. The lowest BCUT2D eigenvalue weighted by Gasteiger charge is -2.41. The molecule has 1 heterocycles. The Balaban J connectivity index is 1.69. The van der Waals surface area contributed by atoms with Crippen molar-refractivity contribution in [2.24, 2.45) is 0 Å². The summed E-state index contributed by atoms with van der Waals surface area (Å²) in [6.45, 7) is 0.0105. The number of carbonyl (C=O) groups excluding carboxylic acids is 4. The average Bonchev–Trinajstić information content (AvgIpc) is 2.83. The molecule has 1 atom stereocenters. The second-order valence-corrected chi connectivity index (χ2v) is 8.68. The van der Waals surface area contributed by atoms with Crippen molar-refractivity contribution in [3.8, 4) is 0 Å². The first kappa shape index (κ1) is 26.8. The maximum absolute atomic E-state index is 13.1. The van der Waals surface area contributed by atoms with Gasteiger partial charge in [0.05, 0.1) is 18.7 Å². The number of pyridine rings is 1. The van der Waals surface area contributed by atoms with Crippen molar-refractivity contribution < 1.29 is 32.3 Å². The summed E-state index contributed by atoms with van der Waals surface area (Å²) in [7, 11) is 0. The summed E-state index contributed by atoms with van der Waals surface area (Å²) in [6.07, 6.45) is -4.04. The minimum absolute atomic E-state index is 0.0105. The van der Waals surface area contributed by atoms with Crippen LogP contribution in [0.4, 0.5) is 13.2 Å². The van der Waals surface area contributed by atoms with Crippen LogP contribution in [0.3, 0.4) is 0 Å². The third kappa shape index (κ3) is 7.62. The Labute approximate surface area is 206 Å². The van der Waals surface area contributed by atoms with Crippen LogP contribution in [0, 0.1) is 0 Å². The average molecular weight is 505 g/mol. The standard InChI is InChI=1S/C25H27F3N4O4/c26-25(27,28)13-10-20(33)32-24(11-6-12-24)23(36)31-19(15-17-7-2-1-3-8-17)21(34)22(35)30-16-18-9-4-5-14-29-18/h1-5,7-9,14,19H,6,10-13,15-16H2,(H,30,35)(H,31,36)(H,32,33)/t19-/m1/s1. The van der Waals surface area contributed by atoms with Crippen molar-refractivity contribution in [1.82, 2.24) is 20.9 Å². The molecule has 3 rings (SSSR count). The lowest BCUT2D eigenvalue weighted by molar-refractivity contribution is -0.148. The molecule has 1 aromatic carbocycles. The number of amides is 3. The van der Waals surface area contributed by atoms with Crippen molar-refractivity contribution >= 4 is 23.5 Å². The highest BCUT2D eigenvalue weighted by Gasteiger charge is 2.47. The molecular weight excluding hydrogens is 477 g/mol. The number of alkyl halides is 3. The third-order valence-electron chi connectivity index (χ3n) is 5.94. The first-order chi connectivity index (χ1) is 17.1. The van der Waals surface area contributed by atoms with Gasteiger partial charge in [-0.3, -0.25) is 24.2 Å². The number of benzene rings is 1. The third-order valence-corrected chi connectivity index (χ3v) is 5.94. The summed E-state index contributed by atoms with van der Waals surface area (Å²) in [5.41, 5.74) is -0.190. The van der Waals surface area contributed by atoms with Gasteiger partial charge < -0.3 is 16.0 Å². The van der Waals surface area contributed by atoms with Gasteiger partial charge in [-0.1, -0.05) is 36.4 Å². The molecule has 0 unspecified atom stereocenters. The summed E-state index contributed by atoms with van der Waals surface area (Å²) in [4.78, 5) is 55.0. The molecule has 36 heavy (non-hydrogen) atoms. The number of rotatable bonds is 11. The maximum Gasteiger partial charge on any atom is 0.389 e. The Hall–Kier alpha value is -3.76. The molecule has 3 N–H and O–H groups in total. The summed E-state index contributed by atoms with van der Waals surface area (Å²) >= 11 is 0. The van der Waals surface area contributed by atoms with E-state index in [4.69, 9.17) is 0 Å². The predicted octanol–water partition coefficient (Wildman–Crippen LogP) is 2.38. The van der Waals surface area contributed by atoms with E-state index in [0.717, 1.165) is 0 Å². The molecule has 1 aromatic heterocycles. The molecule has 0 spiro atoms. The van der Waals surface area contributed by atoms with Gasteiger partial charge in [-0.05, 0) is 37.0 Å². The largest absolute Gasteiger partial charge is 0.389 e. The number of ketones is 1. The van der Waals surface area contributed by atoms with E-state index in [0.29, 0.717) is 17.7 Å². The minimum Gasteiger partial charge on any atom is -0.344 e. The number of Topliss-reactive ketones (excluding diaryl/α,β-unsaturated/α-hetero) is 1. The van der Waals surface area contributed by atoms with Crippen molar-refractivity contribution in [1.29, 1.82) is 0 Å². The van der Waals surface area contributed by atoms with Crippen molar-refractivity contribution in [2.45, 2.75) is 62.8 Å². The van der Waals surface area contributed by atoms with E-state index in [2.05, 4.69) is 20.9 Å². The number of hydrogen-bond donors (Lipinski definition) is 3. The van der Waals surface area contributed by atoms with Crippen LogP contribution in [0.5, 0.6) is 0 Å². The fourth-order valence-corrected chi connectivity index (χ4v) is 3.80. The minimum atomic E-state index is -4.50. The Morgan fingerprint density at radius 2 is 1.69 bits per heavy atom. The highest BCUT2D eigenvalue weighted by molar-refractivity contribution is 6.38. The fourth-order valence-electron chi connectivity index (χ4n) is 3.80. The summed E-state index contributed by atoms with van der Waals surface area (Å²) in [5, 5.41) is 7.47. The molecule has 0 radical (unpaired) electrons. The number of hydrogen-bond acceptors (Lipinski definition) is 5. The summed E-state index contributed by atoms with van der Waals surface area (Å²) < 4.78 is 37.4. The lowest BCUT2D eigenvalue weighted by Crippen LogP contribution is -2.65. The Bertz CT molecular complexity index is 1070. The number of nitrogens with zero attached hydrogens (tertiary/aromatic N) is 1. The molecule has 3 amide bonds. The molecule has 8 nitrogen and oxygen atoms in total. The number of aromatic nitrogens is 1. The smallest absolute Gasteiger partial charge is 0.344 e. The highest BCUT2D eigenvalue weighted by Crippen LogP contribution is 2.33. The van der Waals surface area contributed by atoms with Gasteiger partial charge in [-0.15, -0.1) is 0 Å². The van der Waals surface area contributed by atoms with Crippen LogP contribution >= 0.6 is 0 Å². The Morgan fingerprint density at radius 1 is 1.00 bits per heavy atom. The maximum atomic E-state index is 13.1. The normalized spacial score (nSPS) is 15.2. The van der Waals surface area contributed by atoms with E-state index in [1.807, 2.05) is 0 Å². The zero-order valence-electron chi connectivity index (χ0n) is 19.4. The second kappa shape index (κ2) is 11.8. The van der Waals surface area contributed by atoms with Gasteiger partial charge in [0.25, 0.3) is 5.91 Å². The van der Waals surface area contributed by atoms with E-state index >= 15 is 0 Å². The molecule has 2 aromatic rings. The summed E-state index contributed by atoms with van der Waals surface area (Å²) in [5.74, 6) is -3.41. The molecule has 0 bridgehead atoms. The number of halogens is 3. The molecule has 192 valence electrons. The molecule has 1 aliphatic carbocycles. The van der Waals surface area contributed by atoms with Crippen LogP contribution in [-0.4, -0.2) is 46.2 Å². The Kier molecular flexibility index (Phi) is 8.78. The van der Waals surface area contributed by atoms with Gasteiger partial charge in [0.15, 0.2) is 0 Å². The molecule has 11 heteroatoms. The molecular formula is C25H27F3N4O4. The van der Waals surface area contributed by atoms with Crippen LogP contribution < -0.4 is 16.0 Å². The van der Waals surface area contributed by atoms with Gasteiger partial charge >= 0.3 is 6.18 Å². The van der Waals surface area contributed by atoms with Gasteiger partial charge in [0.2, 0.25) is 17.6 Å². The van der Waals surface area contributed by atoms with E-state index in [9.17, 15) is 32.3 Å². The fraction of sp³-hybridized carbons (Fsp3) is 0.400. The topological polar surface area (TPSA) is 117 Å². The first-order valence-electron chi connectivity index (χ1n) is 11.5. The van der Waals surface area contributed by atoms with E-state index in [1.54, 1.807) is 54.7 Å². The van der Waals surface area contributed by atoms with Crippen molar-refractivity contribution in [2.75, 3.05) is 0 Å². The van der Waals surface area contributed by atoms with Crippen LogP contribution in [0.2, 0.25) is 0 Å². The van der Waals surface area contributed by atoms with Gasteiger partial charge in [-0.25, -0.2) is 0 Å². The second-order valence-electron chi connectivity index (χ2n) is 8.68. The van der Waals surface area contributed by atoms with Gasteiger partial charge in [0.1, 0.15) is 11.6 Å². The van der Waals surface area contributed by atoms with E-state index in [1.165, 1.54) is 0 Å². The predicted molar refractivity (Wildman–Crippen MR) is 123 cm³/mol. The molecule has 1 saturated carbocycles. The van der Waals surface area contributed by atoms with E-state index < -0.39 is 54.1 Å².